The molecule has 0 atom stereocenters. The molecule has 4 heteroatoms. The number of anilines is 1. The number of rotatable bonds is 3. The van der Waals surface area contributed by atoms with E-state index in [9.17, 15) is 4.79 Å². The Morgan fingerprint density at radius 1 is 1.39 bits per heavy atom. The highest BCUT2D eigenvalue weighted by atomic mass is 16.6. The molecule has 0 heterocycles. The lowest BCUT2D eigenvalue weighted by molar-refractivity contribution is 0.203. The minimum Gasteiger partial charge on any atom is -0.408 e. The average Bonchev–Trinajstić information content (AvgIpc) is 2.35. The van der Waals surface area contributed by atoms with Gasteiger partial charge in [-0.15, -0.1) is 6.42 Å². The Labute approximate surface area is 108 Å². The van der Waals surface area contributed by atoms with Gasteiger partial charge in [-0.2, -0.15) is 0 Å². The maximum absolute atomic E-state index is 11.3. The predicted molar refractivity (Wildman–Crippen MR) is 73.1 cm³/mol. The van der Waals surface area contributed by atoms with Crippen molar-refractivity contribution in [3.05, 3.63) is 22.8 Å². The second-order valence-corrected chi connectivity index (χ2v) is 4.01. The Kier molecular flexibility index (Phi) is 4.61. The number of amides is 1. The summed E-state index contributed by atoms with van der Waals surface area (Å²) < 4.78 is 5.23. The zero-order valence-corrected chi connectivity index (χ0v) is 11.2. The van der Waals surface area contributed by atoms with E-state index in [2.05, 4.69) is 16.6 Å². The van der Waals surface area contributed by atoms with Crippen molar-refractivity contribution < 1.29 is 9.53 Å². The first-order valence-corrected chi connectivity index (χ1v) is 5.69. The molecule has 1 rings (SSSR count). The molecule has 4 nitrogen and oxygen atoms in total. The van der Waals surface area contributed by atoms with Gasteiger partial charge in [0.1, 0.15) is 0 Å². The Balaban J connectivity index is 3.21. The molecule has 0 fully saturated rings. The van der Waals surface area contributed by atoms with Crippen molar-refractivity contribution in [2.75, 3.05) is 18.9 Å². The molecule has 0 aliphatic rings. The topological polar surface area (TPSA) is 50.4 Å². The minimum absolute atomic E-state index is 0.382. The first kappa shape index (κ1) is 13.9. The predicted octanol–water partition coefficient (Wildman–Crippen LogP) is 2.38. The van der Waals surface area contributed by atoms with Gasteiger partial charge in [0.25, 0.3) is 0 Å². The SMILES string of the molecule is C#CCNc1c(OC(=O)NC)cc(C)c(C)c1C. The van der Waals surface area contributed by atoms with Gasteiger partial charge in [-0.05, 0) is 43.5 Å². The van der Waals surface area contributed by atoms with Gasteiger partial charge in [0.2, 0.25) is 0 Å². The van der Waals surface area contributed by atoms with Crippen LogP contribution in [0.4, 0.5) is 10.5 Å². The molecule has 1 aromatic rings. The summed E-state index contributed by atoms with van der Waals surface area (Å²) in [4.78, 5) is 11.3. The van der Waals surface area contributed by atoms with Crippen LogP contribution in [0.5, 0.6) is 5.75 Å². The second-order valence-electron chi connectivity index (χ2n) is 4.01. The van der Waals surface area contributed by atoms with Crippen LogP contribution in [0.2, 0.25) is 0 Å². The van der Waals surface area contributed by atoms with E-state index in [0.717, 1.165) is 22.4 Å². The third-order valence-corrected chi connectivity index (χ3v) is 2.90. The number of aryl methyl sites for hydroxylation is 1. The van der Waals surface area contributed by atoms with Gasteiger partial charge in [0.05, 0.1) is 12.2 Å². The third-order valence-electron chi connectivity index (χ3n) is 2.90. The van der Waals surface area contributed by atoms with Gasteiger partial charge >= 0.3 is 6.09 Å². The monoisotopic (exact) mass is 246 g/mol. The summed E-state index contributed by atoms with van der Waals surface area (Å²) >= 11 is 0. The molecular weight excluding hydrogens is 228 g/mol. The molecule has 1 amide bonds. The van der Waals surface area contributed by atoms with E-state index in [-0.39, 0.29) is 0 Å². The maximum Gasteiger partial charge on any atom is 0.412 e. The van der Waals surface area contributed by atoms with Crippen molar-refractivity contribution in [1.82, 2.24) is 5.32 Å². The lowest BCUT2D eigenvalue weighted by Gasteiger charge is -2.17. The molecule has 0 saturated carbocycles. The van der Waals surface area contributed by atoms with Crippen LogP contribution in [-0.2, 0) is 0 Å². The summed E-state index contributed by atoms with van der Waals surface area (Å²) in [6.07, 6.45) is 4.74. The molecule has 0 aromatic heterocycles. The summed E-state index contributed by atoms with van der Waals surface area (Å²) in [7, 11) is 1.52. The van der Waals surface area contributed by atoms with E-state index >= 15 is 0 Å². The molecule has 0 radical (unpaired) electrons. The van der Waals surface area contributed by atoms with Crippen molar-refractivity contribution in [1.29, 1.82) is 0 Å². The van der Waals surface area contributed by atoms with E-state index in [1.807, 2.05) is 26.8 Å². The number of benzene rings is 1. The average molecular weight is 246 g/mol. The molecule has 0 aliphatic heterocycles. The molecule has 96 valence electrons. The lowest BCUT2D eigenvalue weighted by atomic mass is 10.0. The quantitative estimate of drug-likeness (QED) is 0.805. The van der Waals surface area contributed by atoms with Crippen LogP contribution < -0.4 is 15.4 Å². The highest BCUT2D eigenvalue weighted by Gasteiger charge is 2.13. The molecule has 0 unspecified atom stereocenters. The number of carbonyl (C=O) groups is 1. The Morgan fingerprint density at radius 3 is 2.61 bits per heavy atom. The first-order valence-electron chi connectivity index (χ1n) is 5.69. The smallest absolute Gasteiger partial charge is 0.408 e. The molecular formula is C14H18N2O2. The van der Waals surface area contributed by atoms with Crippen LogP contribution in [0, 0.1) is 33.1 Å². The van der Waals surface area contributed by atoms with E-state index in [1.165, 1.54) is 7.05 Å². The number of ether oxygens (including phenoxy) is 1. The maximum atomic E-state index is 11.3. The van der Waals surface area contributed by atoms with Gasteiger partial charge in [0.15, 0.2) is 5.75 Å². The van der Waals surface area contributed by atoms with Crippen LogP contribution in [0.3, 0.4) is 0 Å². The highest BCUT2D eigenvalue weighted by Crippen LogP contribution is 2.32. The molecule has 0 aliphatic carbocycles. The molecule has 1 aromatic carbocycles. The molecule has 2 N–H and O–H groups in total. The highest BCUT2D eigenvalue weighted by molar-refractivity contribution is 5.75. The zero-order valence-electron chi connectivity index (χ0n) is 11.2. The summed E-state index contributed by atoms with van der Waals surface area (Å²) in [5.41, 5.74) is 4.01. The van der Waals surface area contributed by atoms with Crippen LogP contribution in [0.1, 0.15) is 16.7 Å². The summed E-state index contributed by atoms with van der Waals surface area (Å²) in [6.45, 7) is 6.35. The molecule has 18 heavy (non-hydrogen) atoms. The van der Waals surface area contributed by atoms with E-state index in [1.54, 1.807) is 0 Å². The van der Waals surface area contributed by atoms with Crippen molar-refractivity contribution in [3.63, 3.8) is 0 Å². The van der Waals surface area contributed by atoms with Crippen LogP contribution in [0.15, 0.2) is 6.07 Å². The molecule has 0 saturated heterocycles. The fraction of sp³-hybridized carbons (Fsp3) is 0.357. The Bertz CT molecular complexity index is 501. The minimum atomic E-state index is -0.499. The van der Waals surface area contributed by atoms with E-state index in [0.29, 0.717) is 12.3 Å². The third kappa shape index (κ3) is 2.95. The Hall–Kier alpha value is -2.15. The van der Waals surface area contributed by atoms with Crippen molar-refractivity contribution in [2.24, 2.45) is 0 Å². The summed E-state index contributed by atoms with van der Waals surface area (Å²) in [6, 6.07) is 1.83. The number of carbonyl (C=O) groups excluding carboxylic acids is 1. The normalized spacial score (nSPS) is 9.50. The van der Waals surface area contributed by atoms with Crippen molar-refractivity contribution in [2.45, 2.75) is 20.8 Å². The fourth-order valence-electron chi connectivity index (χ4n) is 1.64. The number of hydrogen-bond acceptors (Lipinski definition) is 3. The van der Waals surface area contributed by atoms with Gasteiger partial charge in [0, 0.05) is 7.05 Å². The van der Waals surface area contributed by atoms with Crippen molar-refractivity contribution >= 4 is 11.8 Å². The number of terminal acetylenes is 1. The standard InChI is InChI=1S/C14H18N2O2/c1-6-7-16-13-11(4)10(3)9(2)8-12(13)18-14(17)15-5/h1,8,16H,7H2,2-5H3,(H,15,17). The molecule has 0 bridgehead atoms. The van der Waals surface area contributed by atoms with Gasteiger partial charge in [-0.25, -0.2) is 4.79 Å². The van der Waals surface area contributed by atoms with Gasteiger partial charge < -0.3 is 15.4 Å². The van der Waals surface area contributed by atoms with Crippen molar-refractivity contribution in [3.8, 4) is 18.1 Å². The fourth-order valence-corrected chi connectivity index (χ4v) is 1.64. The van der Waals surface area contributed by atoms with Crippen LogP contribution in [-0.4, -0.2) is 19.7 Å². The number of hydrogen-bond donors (Lipinski definition) is 2. The largest absolute Gasteiger partial charge is 0.412 e. The van der Waals surface area contributed by atoms with Gasteiger partial charge in [-0.1, -0.05) is 5.92 Å². The summed E-state index contributed by atoms with van der Waals surface area (Å²) in [5.74, 6) is 3.00. The zero-order chi connectivity index (χ0) is 13.7. The second kappa shape index (κ2) is 5.97. The van der Waals surface area contributed by atoms with Gasteiger partial charge in [-0.3, -0.25) is 0 Å². The van der Waals surface area contributed by atoms with E-state index in [4.69, 9.17) is 11.2 Å². The lowest BCUT2D eigenvalue weighted by Crippen LogP contribution is -2.23. The van der Waals surface area contributed by atoms with E-state index < -0.39 is 6.09 Å². The summed E-state index contributed by atoms with van der Waals surface area (Å²) in [5, 5.41) is 5.51. The molecule has 0 spiro atoms. The number of nitrogens with one attached hydrogen (secondary N) is 2. The van der Waals surface area contributed by atoms with Crippen LogP contribution in [0.25, 0.3) is 0 Å². The first-order chi connectivity index (χ1) is 8.51. The Morgan fingerprint density at radius 2 is 2.06 bits per heavy atom. The van der Waals surface area contributed by atoms with Crippen LogP contribution >= 0.6 is 0 Å².